The Bertz CT molecular complexity index is 1600. The van der Waals surface area contributed by atoms with Crippen molar-refractivity contribution in [2.45, 2.75) is 25.8 Å². The Morgan fingerprint density at radius 3 is 2.85 bits per heavy atom. The van der Waals surface area contributed by atoms with Crippen molar-refractivity contribution in [2.75, 3.05) is 44.4 Å². The summed E-state index contributed by atoms with van der Waals surface area (Å²) in [6.07, 6.45) is 8.59. The summed E-state index contributed by atoms with van der Waals surface area (Å²) in [4.78, 5) is 41.9. The standard InChI is InChI=1S/C31H34ClN7O2/c1-20-16-21(35-28(40)11-7-14-38(2)3)12-13-23(20)30(41)39-15-6-8-22(19-39)36-31-34-18-26(32)29(37-31)25-17-33-27-10-5-4-9-24(25)27/h4-5,7,9-13,16-18,22,33H,6,8,14-15,19H2,1-3H3,(H,35,40)(H,34,36,37). The van der Waals surface area contributed by atoms with E-state index in [1.165, 1.54) is 6.08 Å². The average molecular weight is 572 g/mol. The highest BCUT2D eigenvalue weighted by Gasteiger charge is 2.26. The predicted octanol–water partition coefficient (Wildman–Crippen LogP) is 5.36. The van der Waals surface area contributed by atoms with Crippen LogP contribution in [0.5, 0.6) is 0 Å². The van der Waals surface area contributed by atoms with Crippen molar-refractivity contribution in [1.82, 2.24) is 24.8 Å². The van der Waals surface area contributed by atoms with Crippen LogP contribution in [-0.2, 0) is 4.79 Å². The number of halogens is 1. The molecule has 1 aliphatic rings. The van der Waals surface area contributed by atoms with E-state index in [-0.39, 0.29) is 17.9 Å². The topological polar surface area (TPSA) is 106 Å². The van der Waals surface area contributed by atoms with Crippen molar-refractivity contribution in [3.8, 4) is 11.3 Å². The van der Waals surface area contributed by atoms with Gasteiger partial charge in [0.2, 0.25) is 11.9 Å². The minimum absolute atomic E-state index is 0.00230. The Labute approximate surface area is 244 Å². The number of carbonyl (C=O) groups excluding carboxylic acids is 2. The van der Waals surface area contributed by atoms with E-state index in [9.17, 15) is 9.59 Å². The molecule has 1 aliphatic heterocycles. The molecule has 2 aromatic heterocycles. The molecular weight excluding hydrogens is 538 g/mol. The second-order valence-electron chi connectivity index (χ2n) is 10.6. The lowest BCUT2D eigenvalue weighted by Gasteiger charge is -2.33. The number of anilines is 2. The predicted molar refractivity (Wildman–Crippen MR) is 164 cm³/mol. The molecule has 0 aliphatic carbocycles. The first kappa shape index (κ1) is 28.3. The van der Waals surface area contributed by atoms with Gasteiger partial charge in [-0.1, -0.05) is 35.9 Å². The number of aryl methyl sites for hydroxylation is 1. The molecule has 5 rings (SSSR count). The molecule has 2 aromatic carbocycles. The molecule has 1 saturated heterocycles. The number of likely N-dealkylation sites (N-methyl/N-ethyl adjacent to an activating group) is 1. The van der Waals surface area contributed by atoms with E-state index in [4.69, 9.17) is 16.6 Å². The average Bonchev–Trinajstić information content (AvgIpc) is 3.38. The van der Waals surface area contributed by atoms with Gasteiger partial charge >= 0.3 is 0 Å². The summed E-state index contributed by atoms with van der Waals surface area (Å²) in [7, 11) is 3.88. The van der Waals surface area contributed by atoms with Gasteiger partial charge in [-0.2, -0.15) is 0 Å². The smallest absolute Gasteiger partial charge is 0.254 e. The first-order chi connectivity index (χ1) is 19.8. The fourth-order valence-corrected chi connectivity index (χ4v) is 5.25. The number of H-pyrrole nitrogens is 1. The van der Waals surface area contributed by atoms with Crippen LogP contribution in [0.2, 0.25) is 5.02 Å². The van der Waals surface area contributed by atoms with E-state index in [0.29, 0.717) is 47.6 Å². The maximum atomic E-state index is 13.5. The number of benzene rings is 2. The number of fused-ring (bicyclic) bond motifs is 1. The third-order valence-corrected chi connectivity index (χ3v) is 7.37. The lowest BCUT2D eigenvalue weighted by atomic mass is 10.0. The van der Waals surface area contributed by atoms with Crippen LogP contribution < -0.4 is 10.6 Å². The molecule has 0 spiro atoms. The molecule has 3 N–H and O–H groups in total. The largest absolute Gasteiger partial charge is 0.360 e. The van der Waals surface area contributed by atoms with Gasteiger partial charge in [-0.05, 0) is 63.7 Å². The fraction of sp³-hybridized carbons (Fsp3) is 0.290. The zero-order valence-corrected chi connectivity index (χ0v) is 24.2. The van der Waals surface area contributed by atoms with E-state index in [1.54, 1.807) is 24.4 Å². The quantitative estimate of drug-likeness (QED) is 0.246. The molecule has 1 fully saturated rings. The van der Waals surface area contributed by atoms with Crippen molar-refractivity contribution in [2.24, 2.45) is 0 Å². The summed E-state index contributed by atoms with van der Waals surface area (Å²) < 4.78 is 0. The maximum absolute atomic E-state index is 13.5. The molecule has 0 radical (unpaired) electrons. The molecule has 10 heteroatoms. The SMILES string of the molecule is Cc1cc(NC(=O)C=CCN(C)C)ccc1C(=O)N1CCCC(Nc2ncc(Cl)c(-c3c[nH]c4ccccc34)n2)C1. The van der Waals surface area contributed by atoms with Crippen LogP contribution in [0, 0.1) is 6.92 Å². The molecule has 1 unspecified atom stereocenters. The summed E-state index contributed by atoms with van der Waals surface area (Å²) in [5.74, 6) is 0.242. The highest BCUT2D eigenvalue weighted by Crippen LogP contribution is 2.32. The maximum Gasteiger partial charge on any atom is 0.254 e. The van der Waals surface area contributed by atoms with Crippen molar-refractivity contribution in [3.05, 3.63) is 83.2 Å². The summed E-state index contributed by atoms with van der Waals surface area (Å²) in [5.41, 5.74) is 4.66. The fourth-order valence-electron chi connectivity index (χ4n) is 5.06. The number of piperidine rings is 1. The Kier molecular flexibility index (Phi) is 8.66. The lowest BCUT2D eigenvalue weighted by molar-refractivity contribution is -0.111. The number of likely N-dealkylation sites (tertiary alicyclic amines) is 1. The normalized spacial score (nSPS) is 15.5. The van der Waals surface area contributed by atoms with Crippen molar-refractivity contribution in [3.63, 3.8) is 0 Å². The second kappa shape index (κ2) is 12.5. The Balaban J connectivity index is 1.25. The third kappa shape index (κ3) is 6.75. The molecule has 1 atom stereocenters. The van der Waals surface area contributed by atoms with Crippen LogP contribution in [0.25, 0.3) is 22.2 Å². The molecule has 9 nitrogen and oxygen atoms in total. The molecule has 0 saturated carbocycles. The van der Waals surface area contributed by atoms with E-state index < -0.39 is 0 Å². The number of amides is 2. The zero-order valence-electron chi connectivity index (χ0n) is 23.4. The first-order valence-electron chi connectivity index (χ1n) is 13.7. The van der Waals surface area contributed by atoms with Crippen molar-refractivity contribution >= 4 is 46.0 Å². The monoisotopic (exact) mass is 571 g/mol. The van der Waals surface area contributed by atoms with Crippen molar-refractivity contribution < 1.29 is 9.59 Å². The number of nitrogens with zero attached hydrogens (tertiary/aromatic N) is 4. The van der Waals surface area contributed by atoms with Crippen LogP contribution in [0.15, 0.2) is 67.0 Å². The van der Waals surface area contributed by atoms with Gasteiger partial charge in [0.15, 0.2) is 0 Å². The summed E-state index contributed by atoms with van der Waals surface area (Å²) in [5, 5.41) is 7.79. The molecule has 3 heterocycles. The van der Waals surface area contributed by atoms with Crippen LogP contribution >= 0.6 is 11.6 Å². The highest BCUT2D eigenvalue weighted by atomic mass is 35.5. The van der Waals surface area contributed by atoms with Gasteiger partial charge in [-0.15, -0.1) is 0 Å². The number of hydrogen-bond acceptors (Lipinski definition) is 6. The number of para-hydroxylation sites is 1. The Morgan fingerprint density at radius 1 is 1.22 bits per heavy atom. The summed E-state index contributed by atoms with van der Waals surface area (Å²) >= 11 is 6.50. The second-order valence-corrected chi connectivity index (χ2v) is 11.0. The van der Waals surface area contributed by atoms with E-state index in [2.05, 4.69) is 20.6 Å². The number of hydrogen-bond donors (Lipinski definition) is 3. The van der Waals surface area contributed by atoms with Gasteiger partial charge in [0.1, 0.15) is 0 Å². The molecule has 4 aromatic rings. The molecule has 41 heavy (non-hydrogen) atoms. The van der Waals surface area contributed by atoms with Gasteiger partial charge in [0.25, 0.3) is 5.91 Å². The zero-order chi connectivity index (χ0) is 28.9. The van der Waals surface area contributed by atoms with Gasteiger partial charge < -0.3 is 25.4 Å². The van der Waals surface area contributed by atoms with Crippen LogP contribution in [0.4, 0.5) is 11.6 Å². The number of carbonyl (C=O) groups is 2. The van der Waals surface area contributed by atoms with Gasteiger partial charge in [0.05, 0.1) is 16.9 Å². The van der Waals surface area contributed by atoms with E-state index in [0.717, 1.165) is 34.9 Å². The first-order valence-corrected chi connectivity index (χ1v) is 14.0. The van der Waals surface area contributed by atoms with E-state index >= 15 is 0 Å². The number of rotatable bonds is 8. The third-order valence-electron chi connectivity index (χ3n) is 7.09. The van der Waals surface area contributed by atoms with E-state index in [1.807, 2.05) is 67.3 Å². The van der Waals surface area contributed by atoms with Crippen molar-refractivity contribution in [1.29, 1.82) is 0 Å². The minimum atomic E-state index is -0.201. The lowest BCUT2D eigenvalue weighted by Crippen LogP contribution is -2.45. The minimum Gasteiger partial charge on any atom is -0.360 e. The molecule has 212 valence electrons. The molecule has 0 bridgehead atoms. The number of nitrogens with one attached hydrogen (secondary N) is 3. The van der Waals surface area contributed by atoms with Gasteiger partial charge in [0, 0.05) is 65.7 Å². The molecular formula is C31H34ClN7O2. The van der Waals surface area contributed by atoms with Crippen LogP contribution in [0.1, 0.15) is 28.8 Å². The van der Waals surface area contributed by atoms with Gasteiger partial charge in [-0.25, -0.2) is 9.97 Å². The van der Waals surface area contributed by atoms with Crippen LogP contribution in [-0.4, -0.2) is 76.3 Å². The Morgan fingerprint density at radius 2 is 2.05 bits per heavy atom. The van der Waals surface area contributed by atoms with Gasteiger partial charge in [-0.3, -0.25) is 9.59 Å². The number of aromatic nitrogens is 3. The molecule has 2 amide bonds. The Hall–Kier alpha value is -4.21. The summed E-state index contributed by atoms with van der Waals surface area (Å²) in [6.45, 7) is 3.77. The summed E-state index contributed by atoms with van der Waals surface area (Å²) in [6, 6.07) is 13.4. The van der Waals surface area contributed by atoms with Crippen LogP contribution in [0.3, 0.4) is 0 Å². The highest BCUT2D eigenvalue weighted by molar-refractivity contribution is 6.33. The number of aromatic amines is 1.